The van der Waals surface area contributed by atoms with E-state index < -0.39 is 0 Å². The number of aromatic nitrogens is 5. The number of aryl methyl sites for hydroxylation is 2. The SMILES string of the molecule is Cc1cc(-n2c(C)cc(C(=O)Cn3nnc4ccccc4c3=O)c2C)no1. The number of carbonyl (C=O) groups is 1. The van der Waals surface area contributed by atoms with Gasteiger partial charge in [0.05, 0.1) is 5.39 Å². The molecule has 0 aliphatic heterocycles. The Morgan fingerprint density at radius 2 is 1.93 bits per heavy atom. The van der Waals surface area contributed by atoms with Crippen LogP contribution in [0.2, 0.25) is 0 Å². The molecular formula is C19H17N5O3. The first-order chi connectivity index (χ1) is 13.0. The van der Waals surface area contributed by atoms with Crippen LogP contribution in [0.5, 0.6) is 0 Å². The molecule has 4 rings (SSSR count). The molecule has 1 aromatic carbocycles. The molecular weight excluding hydrogens is 346 g/mol. The molecule has 3 heterocycles. The highest BCUT2D eigenvalue weighted by Crippen LogP contribution is 2.21. The Labute approximate surface area is 154 Å². The van der Waals surface area contributed by atoms with Gasteiger partial charge >= 0.3 is 0 Å². The third kappa shape index (κ3) is 2.84. The normalized spacial score (nSPS) is 11.2. The lowest BCUT2D eigenvalue weighted by molar-refractivity contribution is 0.0964. The summed E-state index contributed by atoms with van der Waals surface area (Å²) in [6.07, 6.45) is 0. The number of Topliss-reactive ketones (excluding diaryl/α,β-unsaturated/α-hetero) is 1. The average molecular weight is 363 g/mol. The second-order valence-electron chi connectivity index (χ2n) is 6.41. The second kappa shape index (κ2) is 6.31. The molecule has 27 heavy (non-hydrogen) atoms. The third-order valence-corrected chi connectivity index (χ3v) is 4.50. The van der Waals surface area contributed by atoms with E-state index in [4.69, 9.17) is 4.52 Å². The van der Waals surface area contributed by atoms with Crippen LogP contribution in [0.1, 0.15) is 27.5 Å². The lowest BCUT2D eigenvalue weighted by atomic mass is 10.1. The Morgan fingerprint density at radius 3 is 2.67 bits per heavy atom. The van der Waals surface area contributed by atoms with Crippen molar-refractivity contribution < 1.29 is 9.32 Å². The van der Waals surface area contributed by atoms with Crippen LogP contribution in [0.15, 0.2) is 45.7 Å². The first-order valence-electron chi connectivity index (χ1n) is 8.44. The molecule has 0 spiro atoms. The Hall–Kier alpha value is -3.55. The zero-order valence-corrected chi connectivity index (χ0v) is 15.1. The van der Waals surface area contributed by atoms with E-state index in [0.717, 1.165) is 16.1 Å². The second-order valence-corrected chi connectivity index (χ2v) is 6.41. The molecule has 8 heteroatoms. The molecule has 0 unspecified atom stereocenters. The van der Waals surface area contributed by atoms with Crippen LogP contribution in [-0.2, 0) is 6.54 Å². The van der Waals surface area contributed by atoms with Gasteiger partial charge in [0.25, 0.3) is 5.56 Å². The van der Waals surface area contributed by atoms with Crippen LogP contribution in [-0.4, -0.2) is 30.5 Å². The minimum absolute atomic E-state index is 0.182. The van der Waals surface area contributed by atoms with Crippen molar-refractivity contribution in [1.82, 2.24) is 24.7 Å². The van der Waals surface area contributed by atoms with Crippen molar-refractivity contribution in [2.75, 3.05) is 0 Å². The molecule has 0 saturated carbocycles. The fraction of sp³-hybridized carbons (Fsp3) is 0.211. The Bertz CT molecular complexity index is 1230. The van der Waals surface area contributed by atoms with E-state index in [1.54, 1.807) is 36.4 Å². The van der Waals surface area contributed by atoms with Gasteiger partial charge in [-0.2, -0.15) is 0 Å². The van der Waals surface area contributed by atoms with E-state index in [9.17, 15) is 9.59 Å². The van der Waals surface area contributed by atoms with Crippen molar-refractivity contribution in [2.24, 2.45) is 0 Å². The van der Waals surface area contributed by atoms with Crippen molar-refractivity contribution in [1.29, 1.82) is 0 Å². The van der Waals surface area contributed by atoms with Gasteiger partial charge in [-0.15, -0.1) is 5.10 Å². The van der Waals surface area contributed by atoms with E-state index in [1.807, 2.05) is 25.3 Å². The van der Waals surface area contributed by atoms with Gasteiger partial charge in [0.1, 0.15) is 17.8 Å². The van der Waals surface area contributed by atoms with Crippen molar-refractivity contribution in [3.8, 4) is 5.82 Å². The lowest BCUT2D eigenvalue weighted by Gasteiger charge is -2.06. The molecule has 4 aromatic rings. The summed E-state index contributed by atoms with van der Waals surface area (Å²) in [6.45, 7) is 5.34. The molecule has 0 N–H and O–H groups in total. The number of hydrogen-bond donors (Lipinski definition) is 0. The zero-order valence-electron chi connectivity index (χ0n) is 15.1. The van der Waals surface area contributed by atoms with E-state index in [1.165, 1.54) is 0 Å². The number of rotatable bonds is 4. The first kappa shape index (κ1) is 16.9. The smallest absolute Gasteiger partial charge is 0.278 e. The largest absolute Gasteiger partial charge is 0.360 e. The van der Waals surface area contributed by atoms with Crippen LogP contribution in [0, 0.1) is 20.8 Å². The molecule has 0 amide bonds. The fourth-order valence-corrected chi connectivity index (χ4v) is 3.20. The minimum atomic E-state index is -0.338. The highest BCUT2D eigenvalue weighted by atomic mass is 16.5. The molecule has 0 atom stereocenters. The highest BCUT2D eigenvalue weighted by molar-refractivity contribution is 5.97. The number of hydrogen-bond acceptors (Lipinski definition) is 6. The lowest BCUT2D eigenvalue weighted by Crippen LogP contribution is -2.28. The predicted octanol–water partition coefficient (Wildman–Crippen LogP) is 2.38. The van der Waals surface area contributed by atoms with E-state index >= 15 is 0 Å². The van der Waals surface area contributed by atoms with E-state index in [2.05, 4.69) is 15.5 Å². The third-order valence-electron chi connectivity index (χ3n) is 4.50. The van der Waals surface area contributed by atoms with Gasteiger partial charge in [0, 0.05) is 23.0 Å². The maximum Gasteiger partial charge on any atom is 0.278 e. The summed E-state index contributed by atoms with van der Waals surface area (Å²) < 4.78 is 8.07. The molecule has 0 aliphatic rings. The minimum Gasteiger partial charge on any atom is -0.360 e. The summed E-state index contributed by atoms with van der Waals surface area (Å²) in [5.74, 6) is 1.08. The highest BCUT2D eigenvalue weighted by Gasteiger charge is 2.20. The van der Waals surface area contributed by atoms with Crippen LogP contribution >= 0.6 is 0 Å². The van der Waals surface area contributed by atoms with Crippen molar-refractivity contribution in [2.45, 2.75) is 27.3 Å². The molecule has 136 valence electrons. The van der Waals surface area contributed by atoms with Crippen LogP contribution in [0.3, 0.4) is 0 Å². The van der Waals surface area contributed by atoms with Crippen LogP contribution in [0.4, 0.5) is 0 Å². The Balaban J connectivity index is 1.70. The van der Waals surface area contributed by atoms with Gasteiger partial charge < -0.3 is 4.52 Å². The number of ketones is 1. The molecule has 0 fully saturated rings. The van der Waals surface area contributed by atoms with Gasteiger partial charge in [-0.3, -0.25) is 14.2 Å². The average Bonchev–Trinajstić information content (AvgIpc) is 3.20. The molecule has 8 nitrogen and oxygen atoms in total. The maximum atomic E-state index is 12.8. The standard InChI is InChI=1S/C19H17N5O3/c1-11-8-15(13(3)24(11)18-9-12(2)27-21-18)17(25)10-23-19(26)14-6-4-5-7-16(14)20-22-23/h4-9H,10H2,1-3H3. The summed E-state index contributed by atoms with van der Waals surface area (Å²) in [4.78, 5) is 25.4. The number of benzene rings is 1. The van der Waals surface area contributed by atoms with Crippen molar-refractivity contribution >= 4 is 16.7 Å². The summed E-state index contributed by atoms with van der Waals surface area (Å²) in [6, 6.07) is 10.5. The zero-order chi connectivity index (χ0) is 19.1. The van der Waals surface area contributed by atoms with Crippen LogP contribution in [0.25, 0.3) is 16.7 Å². The molecule has 0 saturated heterocycles. The molecule has 0 bridgehead atoms. The fourth-order valence-electron chi connectivity index (χ4n) is 3.20. The molecule has 3 aromatic heterocycles. The van der Waals surface area contributed by atoms with Gasteiger partial charge in [-0.05, 0) is 39.0 Å². The number of nitrogens with zero attached hydrogens (tertiary/aromatic N) is 5. The van der Waals surface area contributed by atoms with Crippen LogP contribution < -0.4 is 5.56 Å². The summed E-state index contributed by atoms with van der Waals surface area (Å²) in [7, 11) is 0. The topological polar surface area (TPSA) is 95.8 Å². The molecule has 0 radical (unpaired) electrons. The number of carbonyl (C=O) groups excluding carboxylic acids is 1. The predicted molar refractivity (Wildman–Crippen MR) is 98.2 cm³/mol. The monoisotopic (exact) mass is 363 g/mol. The van der Waals surface area contributed by atoms with E-state index in [-0.39, 0.29) is 17.9 Å². The van der Waals surface area contributed by atoms with E-state index in [0.29, 0.717) is 28.0 Å². The van der Waals surface area contributed by atoms with Gasteiger partial charge in [0.2, 0.25) is 0 Å². The summed E-state index contributed by atoms with van der Waals surface area (Å²) >= 11 is 0. The quantitative estimate of drug-likeness (QED) is 0.517. The van der Waals surface area contributed by atoms with Gasteiger partial charge in [-0.25, -0.2) is 4.68 Å². The molecule has 0 aliphatic carbocycles. The van der Waals surface area contributed by atoms with Crippen molar-refractivity contribution in [3.05, 3.63) is 69.5 Å². The van der Waals surface area contributed by atoms with Gasteiger partial charge in [0.15, 0.2) is 11.6 Å². The maximum absolute atomic E-state index is 12.8. The van der Waals surface area contributed by atoms with Crippen molar-refractivity contribution in [3.63, 3.8) is 0 Å². The summed E-state index contributed by atoms with van der Waals surface area (Å²) in [5.41, 5.74) is 2.25. The summed E-state index contributed by atoms with van der Waals surface area (Å²) in [5, 5.41) is 12.4. The van der Waals surface area contributed by atoms with Gasteiger partial charge in [-0.1, -0.05) is 22.5 Å². The Kier molecular flexibility index (Phi) is 3.95. The first-order valence-corrected chi connectivity index (χ1v) is 8.44. The Morgan fingerprint density at radius 1 is 1.15 bits per heavy atom. The number of fused-ring (bicyclic) bond motifs is 1.